The first kappa shape index (κ1) is 19.8. The monoisotopic (exact) mass is 405 g/mol. The van der Waals surface area contributed by atoms with Crippen LogP contribution in [0.4, 0.5) is 10.1 Å². The van der Waals surface area contributed by atoms with Crippen LogP contribution in [0.25, 0.3) is 16.9 Å². The summed E-state index contributed by atoms with van der Waals surface area (Å²) >= 11 is 0. The minimum atomic E-state index is -0.312. The molecule has 0 saturated carbocycles. The second kappa shape index (κ2) is 8.10. The lowest BCUT2D eigenvalue weighted by molar-refractivity contribution is -0.116. The molecule has 7 heteroatoms. The maximum Gasteiger partial charge on any atom is 0.224 e. The van der Waals surface area contributed by atoms with Crippen molar-refractivity contribution in [3.8, 4) is 5.82 Å². The Morgan fingerprint density at radius 2 is 1.87 bits per heavy atom. The standard InChI is InChI=1S/C23H24FN5O/c1-15-14-18(24)8-9-19(15)26-20(30)7-6-12-29-22-21(16(2)13-17(3)25-22)23(27-29)28-10-4-5-11-28/h4-5,8-11,13-14H,6-7,12H2,1-3H3,(H,26,30). The van der Waals surface area contributed by atoms with Crippen LogP contribution in [-0.4, -0.2) is 25.2 Å². The third-order valence-corrected chi connectivity index (χ3v) is 5.09. The third kappa shape index (κ3) is 3.96. The number of halogens is 1. The lowest BCUT2D eigenvalue weighted by Crippen LogP contribution is -2.14. The molecule has 30 heavy (non-hydrogen) atoms. The molecular formula is C23H24FN5O. The van der Waals surface area contributed by atoms with Crippen molar-refractivity contribution in [2.45, 2.75) is 40.2 Å². The zero-order chi connectivity index (χ0) is 21.3. The number of nitrogens with one attached hydrogen (secondary N) is 1. The summed E-state index contributed by atoms with van der Waals surface area (Å²) < 4.78 is 17.1. The highest BCUT2D eigenvalue weighted by Gasteiger charge is 2.16. The number of aromatic nitrogens is 4. The fourth-order valence-corrected chi connectivity index (χ4v) is 3.67. The molecule has 0 radical (unpaired) electrons. The number of fused-ring (bicyclic) bond motifs is 1. The van der Waals surface area contributed by atoms with Gasteiger partial charge < -0.3 is 9.88 Å². The van der Waals surface area contributed by atoms with Gasteiger partial charge in [0.1, 0.15) is 5.82 Å². The third-order valence-electron chi connectivity index (χ3n) is 5.09. The summed E-state index contributed by atoms with van der Waals surface area (Å²) in [6.07, 6.45) is 4.87. The molecule has 0 atom stereocenters. The van der Waals surface area contributed by atoms with E-state index >= 15 is 0 Å². The van der Waals surface area contributed by atoms with Crippen LogP contribution in [0.2, 0.25) is 0 Å². The van der Waals surface area contributed by atoms with Gasteiger partial charge in [-0.05, 0) is 74.7 Å². The Morgan fingerprint density at radius 1 is 1.10 bits per heavy atom. The van der Waals surface area contributed by atoms with Crippen LogP contribution in [0.5, 0.6) is 0 Å². The fraction of sp³-hybridized carbons (Fsp3) is 0.261. The molecule has 1 aromatic carbocycles. The SMILES string of the molecule is Cc1cc(C)c2c(-n3cccc3)nn(CCCC(=O)Nc3ccc(F)cc3C)c2n1. The summed E-state index contributed by atoms with van der Waals surface area (Å²) in [7, 11) is 0. The second-order valence-electron chi connectivity index (χ2n) is 7.53. The van der Waals surface area contributed by atoms with Gasteiger partial charge in [-0.2, -0.15) is 5.10 Å². The predicted octanol–water partition coefficient (Wildman–Crippen LogP) is 4.71. The first-order chi connectivity index (χ1) is 14.4. The number of nitrogens with zero attached hydrogens (tertiary/aromatic N) is 4. The molecule has 0 unspecified atom stereocenters. The molecule has 3 heterocycles. The molecule has 0 aliphatic carbocycles. The highest BCUT2D eigenvalue weighted by atomic mass is 19.1. The topological polar surface area (TPSA) is 64.7 Å². The van der Waals surface area contributed by atoms with Gasteiger partial charge in [0.15, 0.2) is 11.5 Å². The van der Waals surface area contributed by atoms with Gasteiger partial charge in [0.2, 0.25) is 5.91 Å². The summed E-state index contributed by atoms with van der Waals surface area (Å²) in [6.45, 7) is 6.38. The van der Waals surface area contributed by atoms with E-state index < -0.39 is 0 Å². The van der Waals surface area contributed by atoms with Crippen molar-refractivity contribution in [2.75, 3.05) is 5.32 Å². The van der Waals surface area contributed by atoms with Gasteiger partial charge >= 0.3 is 0 Å². The summed E-state index contributed by atoms with van der Waals surface area (Å²) in [5, 5.41) is 8.65. The van der Waals surface area contributed by atoms with Crippen LogP contribution >= 0.6 is 0 Å². The van der Waals surface area contributed by atoms with Crippen molar-refractivity contribution in [3.05, 3.63) is 71.4 Å². The smallest absolute Gasteiger partial charge is 0.224 e. The number of aryl methyl sites for hydroxylation is 4. The van der Waals surface area contributed by atoms with Crippen molar-refractivity contribution in [3.63, 3.8) is 0 Å². The Labute approximate surface area is 174 Å². The van der Waals surface area contributed by atoms with Gasteiger partial charge in [-0.15, -0.1) is 0 Å². The van der Waals surface area contributed by atoms with E-state index in [-0.39, 0.29) is 11.7 Å². The number of hydrogen-bond acceptors (Lipinski definition) is 3. The van der Waals surface area contributed by atoms with E-state index in [1.54, 1.807) is 13.0 Å². The van der Waals surface area contributed by atoms with Crippen molar-refractivity contribution < 1.29 is 9.18 Å². The Hall–Kier alpha value is -3.48. The quantitative estimate of drug-likeness (QED) is 0.505. The summed E-state index contributed by atoms with van der Waals surface area (Å²) in [4.78, 5) is 17.1. The zero-order valence-corrected chi connectivity index (χ0v) is 17.3. The number of benzene rings is 1. The Bertz CT molecular complexity index is 1210. The minimum absolute atomic E-state index is 0.105. The van der Waals surface area contributed by atoms with E-state index in [4.69, 9.17) is 10.1 Å². The molecule has 154 valence electrons. The second-order valence-corrected chi connectivity index (χ2v) is 7.53. The molecule has 3 aromatic heterocycles. The van der Waals surface area contributed by atoms with Gasteiger partial charge in [0, 0.05) is 36.7 Å². The predicted molar refractivity (Wildman–Crippen MR) is 115 cm³/mol. The maximum absolute atomic E-state index is 13.2. The Kier molecular flexibility index (Phi) is 5.35. The van der Waals surface area contributed by atoms with E-state index in [9.17, 15) is 9.18 Å². The number of hydrogen-bond donors (Lipinski definition) is 1. The average molecular weight is 405 g/mol. The summed E-state index contributed by atoms with van der Waals surface area (Å²) in [5.74, 6) is 0.422. The maximum atomic E-state index is 13.2. The highest BCUT2D eigenvalue weighted by molar-refractivity contribution is 5.91. The van der Waals surface area contributed by atoms with Crippen molar-refractivity contribution in [1.29, 1.82) is 0 Å². The summed E-state index contributed by atoms with van der Waals surface area (Å²) in [5.41, 5.74) is 4.22. The van der Waals surface area contributed by atoms with E-state index in [2.05, 4.69) is 18.3 Å². The van der Waals surface area contributed by atoms with Gasteiger partial charge in [-0.25, -0.2) is 14.1 Å². The number of pyridine rings is 1. The van der Waals surface area contributed by atoms with E-state index in [0.717, 1.165) is 28.1 Å². The average Bonchev–Trinajstić information content (AvgIpc) is 3.32. The molecular weight excluding hydrogens is 381 g/mol. The molecule has 1 amide bonds. The van der Waals surface area contributed by atoms with Crippen LogP contribution in [0, 0.1) is 26.6 Å². The Morgan fingerprint density at radius 3 is 2.60 bits per heavy atom. The number of carbonyl (C=O) groups is 1. The first-order valence-electron chi connectivity index (χ1n) is 9.96. The number of rotatable bonds is 6. The number of carbonyl (C=O) groups excluding carboxylic acids is 1. The lowest BCUT2D eigenvalue weighted by atomic mass is 10.1. The first-order valence-corrected chi connectivity index (χ1v) is 9.96. The zero-order valence-electron chi connectivity index (χ0n) is 17.3. The molecule has 6 nitrogen and oxygen atoms in total. The molecule has 4 rings (SSSR count). The molecule has 0 bridgehead atoms. The number of amides is 1. The van der Waals surface area contributed by atoms with Crippen LogP contribution in [-0.2, 0) is 11.3 Å². The van der Waals surface area contributed by atoms with Gasteiger partial charge in [-0.3, -0.25) is 4.79 Å². The molecule has 0 aliphatic rings. The lowest BCUT2D eigenvalue weighted by Gasteiger charge is -2.09. The van der Waals surface area contributed by atoms with Crippen LogP contribution in [0.1, 0.15) is 29.7 Å². The van der Waals surface area contributed by atoms with Crippen LogP contribution < -0.4 is 5.32 Å². The normalized spacial score (nSPS) is 11.2. The fourth-order valence-electron chi connectivity index (χ4n) is 3.67. The van der Waals surface area contributed by atoms with Crippen molar-refractivity contribution in [2.24, 2.45) is 0 Å². The molecule has 0 fully saturated rings. The molecule has 0 spiro atoms. The van der Waals surface area contributed by atoms with E-state index in [0.29, 0.717) is 30.6 Å². The largest absolute Gasteiger partial charge is 0.326 e. The van der Waals surface area contributed by atoms with Gasteiger partial charge in [-0.1, -0.05) is 0 Å². The van der Waals surface area contributed by atoms with Crippen LogP contribution in [0.15, 0.2) is 48.8 Å². The van der Waals surface area contributed by atoms with Gasteiger partial charge in [0.05, 0.1) is 5.39 Å². The van der Waals surface area contributed by atoms with Crippen molar-refractivity contribution in [1.82, 2.24) is 19.3 Å². The highest BCUT2D eigenvalue weighted by Crippen LogP contribution is 2.25. The molecule has 0 aliphatic heterocycles. The van der Waals surface area contributed by atoms with E-state index in [1.165, 1.54) is 12.1 Å². The number of anilines is 1. The summed E-state index contributed by atoms with van der Waals surface area (Å²) in [6, 6.07) is 10.3. The molecule has 0 saturated heterocycles. The minimum Gasteiger partial charge on any atom is -0.326 e. The molecule has 1 N–H and O–H groups in total. The Balaban J connectivity index is 1.51. The van der Waals surface area contributed by atoms with Gasteiger partial charge in [0.25, 0.3) is 0 Å². The molecule has 4 aromatic rings. The van der Waals surface area contributed by atoms with Crippen LogP contribution in [0.3, 0.4) is 0 Å². The van der Waals surface area contributed by atoms with Crippen molar-refractivity contribution >= 4 is 22.6 Å². The van der Waals surface area contributed by atoms with E-state index in [1.807, 2.05) is 40.7 Å².